The smallest absolute Gasteiger partial charge is 0.00898 e. The molecule has 1 unspecified atom stereocenters. The Balaban J connectivity index is 1.77. The lowest BCUT2D eigenvalue weighted by molar-refractivity contribution is 0.407. The Bertz CT molecular complexity index is 329. The molecule has 1 aliphatic rings. The molecule has 1 atom stereocenters. The third kappa shape index (κ3) is 4.31. The van der Waals surface area contributed by atoms with E-state index in [0.717, 1.165) is 18.8 Å². The largest absolute Gasteiger partial charge is 0.327 e. The first-order valence-corrected chi connectivity index (χ1v) is 8.66. The molecule has 0 spiro atoms. The van der Waals surface area contributed by atoms with Crippen LogP contribution >= 0.6 is 23.1 Å². The Labute approximate surface area is 113 Å². The van der Waals surface area contributed by atoms with Gasteiger partial charge in [0.1, 0.15) is 0 Å². The molecule has 1 aliphatic heterocycles. The maximum absolute atomic E-state index is 6.29. The zero-order valence-electron chi connectivity index (χ0n) is 10.7. The fourth-order valence-corrected chi connectivity index (χ4v) is 4.73. The quantitative estimate of drug-likeness (QED) is 0.882. The normalized spacial score (nSPS) is 19.4. The monoisotopic (exact) mass is 269 g/mol. The first-order chi connectivity index (χ1) is 8.28. The Morgan fingerprint density at radius 2 is 2.00 bits per heavy atom. The molecule has 1 aromatic heterocycles. The molecule has 2 N–H and O–H groups in total. The minimum Gasteiger partial charge on any atom is -0.327 e. The fourth-order valence-electron chi connectivity index (χ4n) is 2.47. The third-order valence-corrected chi connectivity index (χ3v) is 5.81. The van der Waals surface area contributed by atoms with Crippen LogP contribution in [0.2, 0.25) is 0 Å². The van der Waals surface area contributed by atoms with Gasteiger partial charge in [-0.1, -0.05) is 6.92 Å². The molecule has 0 bridgehead atoms. The maximum atomic E-state index is 6.29. The van der Waals surface area contributed by atoms with Gasteiger partial charge in [-0.2, -0.15) is 11.8 Å². The van der Waals surface area contributed by atoms with Crippen molar-refractivity contribution in [1.29, 1.82) is 0 Å². The van der Waals surface area contributed by atoms with Crippen LogP contribution < -0.4 is 5.73 Å². The standard InChI is InChI=1S/C14H23NS2/c1-2-13-3-4-14(17-13)10-12(15)9-11-5-7-16-8-6-11/h3-4,11-12H,2,5-10,15H2,1H3. The van der Waals surface area contributed by atoms with E-state index in [9.17, 15) is 0 Å². The van der Waals surface area contributed by atoms with Crippen LogP contribution in [0.15, 0.2) is 12.1 Å². The Morgan fingerprint density at radius 3 is 2.65 bits per heavy atom. The van der Waals surface area contributed by atoms with E-state index in [0.29, 0.717) is 6.04 Å². The molecule has 1 aromatic rings. The van der Waals surface area contributed by atoms with E-state index in [2.05, 4.69) is 30.8 Å². The molecule has 0 aliphatic carbocycles. The van der Waals surface area contributed by atoms with Gasteiger partial charge in [0.25, 0.3) is 0 Å². The predicted octanol–water partition coefficient (Wildman–Crippen LogP) is 3.71. The molecule has 2 rings (SSSR count). The average Bonchev–Trinajstić information content (AvgIpc) is 2.78. The summed E-state index contributed by atoms with van der Waals surface area (Å²) in [4.78, 5) is 2.96. The number of rotatable bonds is 5. The molecule has 1 fully saturated rings. The molecular formula is C14H23NS2. The van der Waals surface area contributed by atoms with E-state index in [1.165, 1.54) is 40.5 Å². The van der Waals surface area contributed by atoms with Gasteiger partial charge in [-0.15, -0.1) is 11.3 Å². The van der Waals surface area contributed by atoms with Crippen molar-refractivity contribution in [2.45, 2.75) is 45.1 Å². The first kappa shape index (κ1) is 13.4. The van der Waals surface area contributed by atoms with Gasteiger partial charge in [0.15, 0.2) is 0 Å². The van der Waals surface area contributed by atoms with Crippen LogP contribution in [0, 0.1) is 5.92 Å². The van der Waals surface area contributed by atoms with Crippen LogP contribution in [-0.2, 0) is 12.8 Å². The summed E-state index contributed by atoms with van der Waals surface area (Å²) in [6.45, 7) is 2.22. The number of nitrogens with two attached hydrogens (primary N) is 1. The summed E-state index contributed by atoms with van der Waals surface area (Å²) in [6, 6.07) is 4.88. The lowest BCUT2D eigenvalue weighted by Crippen LogP contribution is -2.27. The second-order valence-electron chi connectivity index (χ2n) is 4.98. The highest BCUT2D eigenvalue weighted by atomic mass is 32.2. The second-order valence-corrected chi connectivity index (χ2v) is 7.45. The van der Waals surface area contributed by atoms with Crippen molar-refractivity contribution in [3.8, 4) is 0 Å². The van der Waals surface area contributed by atoms with Crippen LogP contribution in [0.1, 0.15) is 35.9 Å². The molecule has 0 saturated carbocycles. The van der Waals surface area contributed by atoms with Crippen LogP contribution in [0.25, 0.3) is 0 Å². The minimum absolute atomic E-state index is 0.367. The second kappa shape index (κ2) is 6.81. The molecular weight excluding hydrogens is 246 g/mol. The van der Waals surface area contributed by atoms with Crippen molar-refractivity contribution < 1.29 is 0 Å². The fraction of sp³-hybridized carbons (Fsp3) is 0.714. The van der Waals surface area contributed by atoms with Crippen molar-refractivity contribution in [3.63, 3.8) is 0 Å². The molecule has 2 heterocycles. The zero-order valence-corrected chi connectivity index (χ0v) is 12.3. The first-order valence-electron chi connectivity index (χ1n) is 6.69. The summed E-state index contributed by atoms with van der Waals surface area (Å²) in [7, 11) is 0. The van der Waals surface area contributed by atoms with Gasteiger partial charge in [0.2, 0.25) is 0 Å². The Hall–Kier alpha value is 0.01000. The van der Waals surface area contributed by atoms with E-state index >= 15 is 0 Å². The topological polar surface area (TPSA) is 26.0 Å². The van der Waals surface area contributed by atoms with Gasteiger partial charge in [0.05, 0.1) is 0 Å². The molecule has 0 radical (unpaired) electrons. The van der Waals surface area contributed by atoms with Crippen molar-refractivity contribution in [2.75, 3.05) is 11.5 Å². The van der Waals surface area contributed by atoms with E-state index in [1.54, 1.807) is 0 Å². The van der Waals surface area contributed by atoms with E-state index in [-0.39, 0.29) is 0 Å². The van der Waals surface area contributed by atoms with Gasteiger partial charge >= 0.3 is 0 Å². The van der Waals surface area contributed by atoms with E-state index in [1.807, 2.05) is 11.3 Å². The van der Waals surface area contributed by atoms with Gasteiger partial charge < -0.3 is 5.73 Å². The van der Waals surface area contributed by atoms with Gasteiger partial charge in [-0.05, 0) is 61.7 Å². The summed E-state index contributed by atoms with van der Waals surface area (Å²) in [5, 5.41) is 0. The van der Waals surface area contributed by atoms with Gasteiger partial charge in [0, 0.05) is 15.8 Å². The van der Waals surface area contributed by atoms with Gasteiger partial charge in [-0.3, -0.25) is 0 Å². The van der Waals surface area contributed by atoms with Crippen molar-refractivity contribution >= 4 is 23.1 Å². The number of hydrogen-bond acceptors (Lipinski definition) is 3. The highest BCUT2D eigenvalue weighted by Gasteiger charge is 2.17. The van der Waals surface area contributed by atoms with Crippen molar-refractivity contribution in [1.82, 2.24) is 0 Å². The zero-order chi connectivity index (χ0) is 12.1. The molecule has 17 heavy (non-hydrogen) atoms. The number of thioether (sulfide) groups is 1. The van der Waals surface area contributed by atoms with Crippen molar-refractivity contribution in [2.24, 2.45) is 11.7 Å². The summed E-state index contributed by atoms with van der Waals surface area (Å²) >= 11 is 4.04. The number of hydrogen-bond donors (Lipinski definition) is 1. The molecule has 1 nitrogen and oxygen atoms in total. The maximum Gasteiger partial charge on any atom is 0.00898 e. The Kier molecular flexibility index (Phi) is 5.39. The summed E-state index contributed by atoms with van der Waals surface area (Å²) in [5.74, 6) is 3.57. The van der Waals surface area contributed by atoms with E-state index in [4.69, 9.17) is 5.73 Å². The molecule has 3 heteroatoms. The SMILES string of the molecule is CCc1ccc(CC(N)CC2CCSCC2)s1. The summed E-state index contributed by atoms with van der Waals surface area (Å²) in [5.41, 5.74) is 6.29. The molecule has 0 aromatic carbocycles. The highest BCUT2D eigenvalue weighted by Crippen LogP contribution is 2.27. The summed E-state index contributed by atoms with van der Waals surface area (Å²) in [6.07, 6.45) is 6.21. The lowest BCUT2D eigenvalue weighted by Gasteiger charge is -2.24. The Morgan fingerprint density at radius 1 is 1.29 bits per heavy atom. The molecule has 1 saturated heterocycles. The van der Waals surface area contributed by atoms with Crippen LogP contribution in [-0.4, -0.2) is 17.5 Å². The molecule has 0 amide bonds. The minimum atomic E-state index is 0.367. The number of aryl methyl sites for hydroxylation is 1. The predicted molar refractivity (Wildman–Crippen MR) is 80.0 cm³/mol. The third-order valence-electron chi connectivity index (χ3n) is 3.51. The van der Waals surface area contributed by atoms with Crippen LogP contribution in [0.5, 0.6) is 0 Å². The van der Waals surface area contributed by atoms with Gasteiger partial charge in [-0.25, -0.2) is 0 Å². The lowest BCUT2D eigenvalue weighted by atomic mass is 9.93. The van der Waals surface area contributed by atoms with E-state index < -0.39 is 0 Å². The highest BCUT2D eigenvalue weighted by molar-refractivity contribution is 7.99. The summed E-state index contributed by atoms with van der Waals surface area (Å²) < 4.78 is 0. The molecule has 96 valence electrons. The number of thiophene rings is 1. The van der Waals surface area contributed by atoms with Crippen LogP contribution in [0.4, 0.5) is 0 Å². The van der Waals surface area contributed by atoms with Crippen LogP contribution in [0.3, 0.4) is 0 Å². The average molecular weight is 269 g/mol. The van der Waals surface area contributed by atoms with Crippen molar-refractivity contribution in [3.05, 3.63) is 21.9 Å².